The van der Waals surface area contributed by atoms with Gasteiger partial charge < -0.3 is 10.1 Å². The van der Waals surface area contributed by atoms with E-state index in [9.17, 15) is 9.18 Å². The van der Waals surface area contributed by atoms with Crippen molar-refractivity contribution in [2.75, 3.05) is 11.9 Å². The average molecular weight is 411 g/mol. The van der Waals surface area contributed by atoms with Gasteiger partial charge in [0.15, 0.2) is 5.13 Å². The standard InChI is InChI=1S/C16H19FN6O2S2/c1-7-22-23-11-8(19-14(23)26-7)5-6-18-9(11)10-12(17)27-13(20-10)21-15(24)25-16(2,3)4/h9,18H,5-6H2,1-4H3,(H,20,21,24). The number of carbonyl (C=O) groups is 1. The first-order valence-electron chi connectivity index (χ1n) is 8.46. The highest BCUT2D eigenvalue weighted by Crippen LogP contribution is 2.34. The lowest BCUT2D eigenvalue weighted by Crippen LogP contribution is -2.32. The molecule has 1 aliphatic rings. The molecular weight excluding hydrogens is 391 g/mol. The first-order valence-corrected chi connectivity index (χ1v) is 10.1. The fourth-order valence-corrected chi connectivity index (χ4v) is 4.45. The van der Waals surface area contributed by atoms with E-state index in [0.29, 0.717) is 6.54 Å². The number of thiazole rings is 1. The highest BCUT2D eigenvalue weighted by molar-refractivity contribution is 7.16. The van der Waals surface area contributed by atoms with E-state index in [0.717, 1.165) is 39.1 Å². The van der Waals surface area contributed by atoms with E-state index in [-0.39, 0.29) is 10.8 Å². The summed E-state index contributed by atoms with van der Waals surface area (Å²) in [6.07, 6.45) is 0.0809. The first-order chi connectivity index (χ1) is 12.7. The van der Waals surface area contributed by atoms with Gasteiger partial charge in [0, 0.05) is 13.0 Å². The Morgan fingerprint density at radius 3 is 2.89 bits per heavy atom. The summed E-state index contributed by atoms with van der Waals surface area (Å²) >= 11 is 2.27. The molecule has 1 aliphatic heterocycles. The number of fused-ring (bicyclic) bond motifs is 3. The summed E-state index contributed by atoms with van der Waals surface area (Å²) in [5.74, 6) is 0. The van der Waals surface area contributed by atoms with Crippen molar-refractivity contribution in [2.45, 2.75) is 45.8 Å². The van der Waals surface area contributed by atoms with E-state index < -0.39 is 22.9 Å². The number of amides is 1. The van der Waals surface area contributed by atoms with Gasteiger partial charge in [-0.2, -0.15) is 9.49 Å². The number of carbonyl (C=O) groups excluding carboxylic acids is 1. The van der Waals surface area contributed by atoms with Crippen molar-refractivity contribution in [1.29, 1.82) is 0 Å². The number of anilines is 1. The molecule has 1 unspecified atom stereocenters. The van der Waals surface area contributed by atoms with Gasteiger partial charge in [-0.05, 0) is 27.7 Å². The smallest absolute Gasteiger partial charge is 0.413 e. The van der Waals surface area contributed by atoms with Crippen LogP contribution in [0.15, 0.2) is 0 Å². The summed E-state index contributed by atoms with van der Waals surface area (Å²) in [6.45, 7) is 7.84. The van der Waals surface area contributed by atoms with Gasteiger partial charge in [-0.15, -0.1) is 0 Å². The zero-order valence-electron chi connectivity index (χ0n) is 15.3. The molecule has 4 rings (SSSR count). The Labute approximate surface area is 162 Å². The minimum atomic E-state index is -0.665. The zero-order valence-corrected chi connectivity index (χ0v) is 16.9. The number of hydrogen-bond acceptors (Lipinski definition) is 8. The molecule has 144 valence electrons. The van der Waals surface area contributed by atoms with Crippen molar-refractivity contribution in [3.05, 3.63) is 27.2 Å². The van der Waals surface area contributed by atoms with Crippen molar-refractivity contribution in [3.8, 4) is 0 Å². The quantitative estimate of drug-likeness (QED) is 0.673. The van der Waals surface area contributed by atoms with E-state index in [4.69, 9.17) is 4.74 Å². The summed E-state index contributed by atoms with van der Waals surface area (Å²) in [4.78, 5) is 21.6. The number of ether oxygens (including phenoxy) is 1. The molecule has 3 aromatic rings. The molecule has 27 heavy (non-hydrogen) atoms. The van der Waals surface area contributed by atoms with Crippen molar-refractivity contribution in [2.24, 2.45) is 0 Å². The molecule has 2 N–H and O–H groups in total. The maximum atomic E-state index is 14.7. The third-order valence-corrected chi connectivity index (χ3v) is 5.49. The predicted molar refractivity (Wildman–Crippen MR) is 101 cm³/mol. The van der Waals surface area contributed by atoms with Crippen molar-refractivity contribution in [1.82, 2.24) is 24.9 Å². The van der Waals surface area contributed by atoms with E-state index in [2.05, 4.69) is 25.7 Å². The van der Waals surface area contributed by atoms with Crippen LogP contribution in [-0.2, 0) is 11.2 Å². The van der Waals surface area contributed by atoms with Gasteiger partial charge >= 0.3 is 6.09 Å². The van der Waals surface area contributed by atoms with Gasteiger partial charge in [0.1, 0.15) is 16.3 Å². The van der Waals surface area contributed by atoms with Crippen LogP contribution in [0.2, 0.25) is 0 Å². The Kier molecular flexibility index (Phi) is 4.40. The Bertz CT molecular complexity index is 1020. The molecule has 0 radical (unpaired) electrons. The molecule has 1 amide bonds. The number of imidazole rings is 1. The summed E-state index contributed by atoms with van der Waals surface area (Å²) in [6, 6.07) is -0.476. The maximum Gasteiger partial charge on any atom is 0.413 e. The number of hydrogen-bond donors (Lipinski definition) is 2. The summed E-state index contributed by atoms with van der Waals surface area (Å²) < 4.78 is 21.6. The fourth-order valence-electron chi connectivity index (χ4n) is 2.97. The average Bonchev–Trinajstić information content (AvgIpc) is 3.16. The van der Waals surface area contributed by atoms with E-state index in [1.54, 1.807) is 25.3 Å². The SMILES string of the molecule is Cc1nn2c3c(nc2s1)CCNC3c1nc(NC(=O)OC(C)(C)C)sc1F. The van der Waals surface area contributed by atoms with Crippen LogP contribution >= 0.6 is 22.7 Å². The van der Waals surface area contributed by atoms with Crippen LogP contribution in [0.5, 0.6) is 0 Å². The highest BCUT2D eigenvalue weighted by Gasteiger charge is 2.32. The molecule has 0 bridgehead atoms. The number of rotatable bonds is 2. The second kappa shape index (κ2) is 6.50. The fraction of sp³-hybridized carbons (Fsp3) is 0.500. The van der Waals surface area contributed by atoms with Gasteiger partial charge in [-0.25, -0.2) is 19.3 Å². The van der Waals surface area contributed by atoms with Crippen molar-refractivity contribution >= 4 is 38.9 Å². The predicted octanol–water partition coefficient (Wildman–Crippen LogP) is 3.28. The molecule has 0 spiro atoms. The molecule has 0 aliphatic carbocycles. The summed E-state index contributed by atoms with van der Waals surface area (Å²) in [5.41, 5.74) is 1.27. The van der Waals surface area contributed by atoms with Crippen LogP contribution in [0.25, 0.3) is 4.96 Å². The van der Waals surface area contributed by atoms with Crippen LogP contribution in [0.3, 0.4) is 0 Å². The number of aryl methyl sites for hydroxylation is 1. The molecule has 3 aromatic heterocycles. The van der Waals surface area contributed by atoms with Crippen LogP contribution in [0.4, 0.5) is 14.3 Å². The third kappa shape index (κ3) is 3.54. The Morgan fingerprint density at radius 2 is 2.15 bits per heavy atom. The van der Waals surface area contributed by atoms with E-state index in [1.807, 2.05) is 6.92 Å². The number of aromatic nitrogens is 4. The van der Waals surface area contributed by atoms with Crippen molar-refractivity contribution < 1.29 is 13.9 Å². The summed E-state index contributed by atoms with van der Waals surface area (Å²) in [5, 5.41) is 10.8. The molecule has 0 fully saturated rings. The Morgan fingerprint density at radius 1 is 1.37 bits per heavy atom. The third-order valence-electron chi connectivity index (χ3n) is 3.89. The van der Waals surface area contributed by atoms with Gasteiger partial charge in [0.25, 0.3) is 0 Å². The lowest BCUT2D eigenvalue weighted by molar-refractivity contribution is 0.0636. The second-order valence-electron chi connectivity index (χ2n) is 7.20. The molecule has 4 heterocycles. The van der Waals surface area contributed by atoms with Crippen LogP contribution in [-0.4, -0.2) is 37.8 Å². The maximum absolute atomic E-state index is 14.7. The topological polar surface area (TPSA) is 93.4 Å². The molecule has 8 nitrogen and oxygen atoms in total. The zero-order chi connectivity index (χ0) is 19.3. The van der Waals surface area contributed by atoms with Gasteiger partial charge in [-0.1, -0.05) is 22.7 Å². The van der Waals surface area contributed by atoms with Crippen molar-refractivity contribution in [3.63, 3.8) is 0 Å². The molecule has 0 aromatic carbocycles. The monoisotopic (exact) mass is 410 g/mol. The summed E-state index contributed by atoms with van der Waals surface area (Å²) in [7, 11) is 0. The minimum absolute atomic E-state index is 0.154. The lowest BCUT2D eigenvalue weighted by atomic mass is 10.0. The molecule has 0 saturated carbocycles. The Hall–Kier alpha value is -2.11. The minimum Gasteiger partial charge on any atom is -0.444 e. The highest BCUT2D eigenvalue weighted by atomic mass is 32.1. The Balaban J connectivity index is 1.65. The van der Waals surface area contributed by atoms with Crippen LogP contribution in [0, 0.1) is 12.1 Å². The second-order valence-corrected chi connectivity index (χ2v) is 9.31. The number of halogens is 1. The van der Waals surface area contributed by atoms with Crippen LogP contribution < -0.4 is 10.6 Å². The molecule has 0 saturated heterocycles. The first kappa shape index (κ1) is 18.3. The van der Waals surface area contributed by atoms with E-state index in [1.165, 1.54) is 11.3 Å². The van der Waals surface area contributed by atoms with Gasteiger partial charge in [0.05, 0.1) is 17.4 Å². The molecular formula is C16H19FN6O2S2. The van der Waals surface area contributed by atoms with Gasteiger partial charge in [-0.3, -0.25) is 5.32 Å². The number of nitrogens with one attached hydrogen (secondary N) is 2. The normalized spacial score (nSPS) is 17.1. The van der Waals surface area contributed by atoms with Gasteiger partial charge in [0.2, 0.25) is 10.1 Å². The lowest BCUT2D eigenvalue weighted by Gasteiger charge is -2.22. The molecule has 11 heteroatoms. The van der Waals surface area contributed by atoms with E-state index >= 15 is 0 Å². The molecule has 1 atom stereocenters. The largest absolute Gasteiger partial charge is 0.444 e. The van der Waals surface area contributed by atoms with Crippen LogP contribution in [0.1, 0.15) is 48.9 Å². The number of nitrogens with zero attached hydrogens (tertiary/aromatic N) is 4.